The largest absolute Gasteiger partial charge is 0.493 e. The van der Waals surface area contributed by atoms with Gasteiger partial charge >= 0.3 is 0 Å². The molecule has 1 aliphatic carbocycles. The Labute approximate surface area is 60.7 Å². The van der Waals surface area contributed by atoms with Crippen LogP contribution in [0.4, 0.5) is 0 Å². The molecule has 0 N–H and O–H groups in total. The van der Waals surface area contributed by atoms with Crippen molar-refractivity contribution in [3.05, 3.63) is 36.1 Å². The zero-order chi connectivity index (χ0) is 6.97. The van der Waals surface area contributed by atoms with E-state index in [-0.39, 0.29) is 0 Å². The highest BCUT2D eigenvalue weighted by atomic mass is 16.5. The molecule has 0 saturated carbocycles. The molecule has 1 aliphatic heterocycles. The predicted octanol–water partition coefficient (Wildman–Crippen LogP) is 2.03. The summed E-state index contributed by atoms with van der Waals surface area (Å²) < 4.78 is 5.30. The number of ether oxygens (including phenoxy) is 1. The van der Waals surface area contributed by atoms with Crippen LogP contribution < -0.4 is 0 Å². The van der Waals surface area contributed by atoms with Gasteiger partial charge in [0.1, 0.15) is 5.76 Å². The summed E-state index contributed by atoms with van der Waals surface area (Å²) in [4.78, 5) is 0. The molecule has 0 bridgehead atoms. The van der Waals surface area contributed by atoms with E-state index in [0.29, 0.717) is 5.92 Å². The van der Waals surface area contributed by atoms with Gasteiger partial charge in [0.05, 0.1) is 6.61 Å². The summed E-state index contributed by atoms with van der Waals surface area (Å²) in [6, 6.07) is 0. The molecule has 1 heteroatoms. The molecule has 0 spiro atoms. The van der Waals surface area contributed by atoms with Crippen LogP contribution in [0.1, 0.15) is 6.42 Å². The van der Waals surface area contributed by atoms with Gasteiger partial charge < -0.3 is 4.74 Å². The van der Waals surface area contributed by atoms with Crippen LogP contribution in [0.3, 0.4) is 0 Å². The minimum atomic E-state index is 0.595. The summed E-state index contributed by atoms with van der Waals surface area (Å²) in [5, 5.41) is 0. The molecule has 0 aromatic heterocycles. The third kappa shape index (κ3) is 0.703. The first kappa shape index (κ1) is 5.78. The zero-order valence-corrected chi connectivity index (χ0v) is 5.84. The summed E-state index contributed by atoms with van der Waals surface area (Å²) in [7, 11) is 0. The molecule has 52 valence electrons. The molecule has 1 nitrogen and oxygen atoms in total. The monoisotopic (exact) mass is 134 g/mol. The molecule has 10 heavy (non-hydrogen) atoms. The van der Waals surface area contributed by atoms with Crippen LogP contribution in [0.2, 0.25) is 0 Å². The lowest BCUT2D eigenvalue weighted by Gasteiger charge is -2.07. The molecule has 0 aromatic carbocycles. The predicted molar refractivity (Wildman–Crippen MR) is 40.4 cm³/mol. The van der Waals surface area contributed by atoms with Gasteiger partial charge in [-0.2, -0.15) is 0 Å². The van der Waals surface area contributed by atoms with Gasteiger partial charge in [0.2, 0.25) is 0 Å². The number of allylic oxidation sites excluding steroid dienone is 4. The van der Waals surface area contributed by atoms with E-state index in [1.54, 1.807) is 0 Å². The fourth-order valence-electron chi connectivity index (χ4n) is 1.44. The zero-order valence-electron chi connectivity index (χ0n) is 5.84. The summed E-state index contributed by atoms with van der Waals surface area (Å²) in [6.07, 6.45) is 7.47. The van der Waals surface area contributed by atoms with Gasteiger partial charge in [-0.1, -0.05) is 24.8 Å². The van der Waals surface area contributed by atoms with Crippen LogP contribution in [-0.2, 0) is 4.74 Å². The highest BCUT2D eigenvalue weighted by Gasteiger charge is 2.25. The Morgan fingerprint density at radius 3 is 3.30 bits per heavy atom. The molecule has 0 radical (unpaired) electrons. The SMILES string of the molecule is C=C1OCC2CC=CC=C12. The number of hydrogen-bond donors (Lipinski definition) is 0. The summed E-state index contributed by atoms with van der Waals surface area (Å²) >= 11 is 0. The van der Waals surface area contributed by atoms with Gasteiger partial charge in [-0.05, 0) is 6.42 Å². The van der Waals surface area contributed by atoms with Crippen molar-refractivity contribution in [1.29, 1.82) is 0 Å². The Morgan fingerprint density at radius 1 is 1.60 bits per heavy atom. The fraction of sp³-hybridized carbons (Fsp3) is 0.333. The van der Waals surface area contributed by atoms with Crippen molar-refractivity contribution in [2.24, 2.45) is 5.92 Å². The van der Waals surface area contributed by atoms with E-state index < -0.39 is 0 Å². The third-order valence-corrected chi connectivity index (χ3v) is 2.05. The highest BCUT2D eigenvalue weighted by molar-refractivity contribution is 5.36. The van der Waals surface area contributed by atoms with Gasteiger partial charge in [-0.3, -0.25) is 0 Å². The minimum absolute atomic E-state index is 0.595. The van der Waals surface area contributed by atoms with Crippen molar-refractivity contribution in [1.82, 2.24) is 0 Å². The summed E-state index contributed by atoms with van der Waals surface area (Å²) in [5.74, 6) is 1.46. The first-order valence-corrected chi connectivity index (χ1v) is 3.57. The Hall–Kier alpha value is -0.980. The van der Waals surface area contributed by atoms with Crippen LogP contribution in [0.15, 0.2) is 36.1 Å². The van der Waals surface area contributed by atoms with Crippen LogP contribution >= 0.6 is 0 Å². The van der Waals surface area contributed by atoms with Gasteiger partial charge in [0.15, 0.2) is 0 Å². The number of rotatable bonds is 0. The van der Waals surface area contributed by atoms with Gasteiger partial charge in [-0.15, -0.1) is 0 Å². The molecule has 1 saturated heterocycles. The smallest absolute Gasteiger partial charge is 0.115 e. The lowest BCUT2D eigenvalue weighted by molar-refractivity contribution is 0.242. The Morgan fingerprint density at radius 2 is 2.50 bits per heavy atom. The van der Waals surface area contributed by atoms with E-state index in [4.69, 9.17) is 4.74 Å². The second-order valence-electron chi connectivity index (χ2n) is 2.72. The van der Waals surface area contributed by atoms with Crippen molar-refractivity contribution >= 4 is 0 Å². The third-order valence-electron chi connectivity index (χ3n) is 2.05. The van der Waals surface area contributed by atoms with E-state index in [1.807, 2.05) is 0 Å². The second kappa shape index (κ2) is 2.01. The van der Waals surface area contributed by atoms with Gasteiger partial charge in [0, 0.05) is 11.5 Å². The van der Waals surface area contributed by atoms with Crippen LogP contribution in [0, 0.1) is 5.92 Å². The topological polar surface area (TPSA) is 9.23 Å². The summed E-state index contributed by atoms with van der Waals surface area (Å²) in [5.41, 5.74) is 1.29. The van der Waals surface area contributed by atoms with E-state index in [1.165, 1.54) is 5.57 Å². The summed E-state index contributed by atoms with van der Waals surface area (Å²) in [6.45, 7) is 4.64. The quantitative estimate of drug-likeness (QED) is 0.492. The molecule has 1 heterocycles. The standard InChI is InChI=1S/C9H10O/c1-7-9-5-3-2-4-8(9)6-10-7/h2-3,5,8H,1,4,6H2. The lowest BCUT2D eigenvalue weighted by atomic mass is 9.94. The number of hydrogen-bond acceptors (Lipinski definition) is 1. The van der Waals surface area contributed by atoms with E-state index in [9.17, 15) is 0 Å². The van der Waals surface area contributed by atoms with Crippen molar-refractivity contribution in [2.45, 2.75) is 6.42 Å². The molecule has 1 unspecified atom stereocenters. The average Bonchev–Trinajstić information content (AvgIpc) is 2.34. The number of fused-ring (bicyclic) bond motifs is 1. The Kier molecular flexibility index (Phi) is 1.16. The average molecular weight is 134 g/mol. The maximum absolute atomic E-state index is 5.30. The van der Waals surface area contributed by atoms with E-state index >= 15 is 0 Å². The first-order valence-electron chi connectivity index (χ1n) is 3.57. The molecule has 1 atom stereocenters. The van der Waals surface area contributed by atoms with Crippen molar-refractivity contribution < 1.29 is 4.74 Å². The molecular formula is C9H10O. The Bertz CT molecular complexity index is 223. The molecule has 0 amide bonds. The second-order valence-corrected chi connectivity index (χ2v) is 2.72. The van der Waals surface area contributed by atoms with E-state index in [0.717, 1.165) is 18.8 Å². The normalized spacial score (nSPS) is 29.4. The van der Waals surface area contributed by atoms with Crippen molar-refractivity contribution in [3.8, 4) is 0 Å². The molecule has 0 aromatic rings. The highest BCUT2D eigenvalue weighted by Crippen LogP contribution is 2.33. The maximum Gasteiger partial charge on any atom is 0.115 e. The minimum Gasteiger partial charge on any atom is -0.493 e. The lowest BCUT2D eigenvalue weighted by Crippen LogP contribution is -2.01. The molecule has 1 fully saturated rings. The van der Waals surface area contributed by atoms with Crippen LogP contribution in [0.25, 0.3) is 0 Å². The van der Waals surface area contributed by atoms with Crippen LogP contribution in [-0.4, -0.2) is 6.61 Å². The maximum atomic E-state index is 5.30. The molecule has 2 aliphatic rings. The Balaban J connectivity index is 2.33. The van der Waals surface area contributed by atoms with Crippen LogP contribution in [0.5, 0.6) is 0 Å². The van der Waals surface area contributed by atoms with Crippen molar-refractivity contribution in [3.63, 3.8) is 0 Å². The van der Waals surface area contributed by atoms with Gasteiger partial charge in [0.25, 0.3) is 0 Å². The van der Waals surface area contributed by atoms with Crippen molar-refractivity contribution in [2.75, 3.05) is 6.61 Å². The van der Waals surface area contributed by atoms with E-state index in [2.05, 4.69) is 24.8 Å². The van der Waals surface area contributed by atoms with Gasteiger partial charge in [-0.25, -0.2) is 0 Å². The molecular weight excluding hydrogens is 124 g/mol. The molecule has 2 rings (SSSR count). The first-order chi connectivity index (χ1) is 4.88. The fourth-order valence-corrected chi connectivity index (χ4v) is 1.44.